The predicted molar refractivity (Wildman–Crippen MR) is 138 cm³/mol. The van der Waals surface area contributed by atoms with Crippen LogP contribution in [0.15, 0.2) is 73.4 Å². The molecule has 2 aromatic carbocycles. The fraction of sp³-hybridized carbons (Fsp3) is 0.269. The SMILES string of the molecule is CCNc1nccc(-c2ccc(OCC3COC(Cn4ccnc4)(c4ccc(Cl)cc4Cl)O3)cc2)n1. The highest BCUT2D eigenvalue weighted by Crippen LogP contribution is 2.40. The van der Waals surface area contributed by atoms with Gasteiger partial charge >= 0.3 is 0 Å². The molecule has 0 spiro atoms. The maximum Gasteiger partial charge on any atom is 0.223 e. The number of anilines is 1. The highest BCUT2D eigenvalue weighted by molar-refractivity contribution is 6.35. The topological polar surface area (TPSA) is 83.3 Å². The van der Waals surface area contributed by atoms with Crippen LogP contribution in [-0.2, 0) is 21.8 Å². The van der Waals surface area contributed by atoms with Gasteiger partial charge < -0.3 is 24.1 Å². The maximum atomic E-state index is 6.54. The first-order chi connectivity index (χ1) is 17.5. The van der Waals surface area contributed by atoms with Crippen molar-refractivity contribution in [3.63, 3.8) is 0 Å². The Labute approximate surface area is 219 Å². The first kappa shape index (κ1) is 24.5. The molecule has 1 saturated heterocycles. The second-order valence-electron chi connectivity index (χ2n) is 8.29. The molecule has 3 heterocycles. The lowest BCUT2D eigenvalue weighted by molar-refractivity contribution is -0.189. The average Bonchev–Trinajstić information content (AvgIpc) is 3.54. The lowest BCUT2D eigenvalue weighted by atomic mass is 10.1. The number of nitrogens with zero attached hydrogens (tertiary/aromatic N) is 4. The van der Waals surface area contributed by atoms with Gasteiger partial charge in [-0.25, -0.2) is 15.0 Å². The summed E-state index contributed by atoms with van der Waals surface area (Å²) in [5, 5.41) is 4.14. The molecular weight excluding hydrogens is 501 g/mol. The Hall–Kier alpha value is -3.17. The molecule has 2 aromatic heterocycles. The van der Waals surface area contributed by atoms with Crippen LogP contribution in [-0.4, -0.2) is 45.4 Å². The minimum absolute atomic E-state index is 0.301. The van der Waals surface area contributed by atoms with E-state index < -0.39 is 5.79 Å². The van der Waals surface area contributed by atoms with E-state index in [0.29, 0.717) is 41.3 Å². The van der Waals surface area contributed by atoms with Gasteiger partial charge in [-0.05, 0) is 49.4 Å². The molecule has 0 bridgehead atoms. The molecule has 5 rings (SSSR count). The van der Waals surface area contributed by atoms with Crippen LogP contribution in [0.5, 0.6) is 5.75 Å². The Morgan fingerprint density at radius 1 is 1.14 bits per heavy atom. The number of imidazole rings is 1. The van der Waals surface area contributed by atoms with Crippen LogP contribution in [0.4, 0.5) is 5.95 Å². The van der Waals surface area contributed by atoms with Gasteiger partial charge in [-0.1, -0.05) is 29.3 Å². The van der Waals surface area contributed by atoms with Crippen LogP contribution in [0.1, 0.15) is 12.5 Å². The maximum absolute atomic E-state index is 6.54. The monoisotopic (exact) mass is 525 g/mol. The third kappa shape index (κ3) is 5.47. The summed E-state index contributed by atoms with van der Waals surface area (Å²) in [6, 6.07) is 14.9. The van der Waals surface area contributed by atoms with Crippen molar-refractivity contribution >= 4 is 29.2 Å². The standard InChI is InChI=1S/C26H25Cl2N5O3/c1-2-30-25-31-10-9-24(32-25)18-3-6-20(7-4-18)34-14-21-15-35-26(36-21,16-33-12-11-29-17-33)22-8-5-19(27)13-23(22)28/h3-13,17,21H,2,14-16H2,1H3,(H,30,31,32). The highest BCUT2D eigenvalue weighted by atomic mass is 35.5. The van der Waals surface area contributed by atoms with Gasteiger partial charge in [-0.2, -0.15) is 0 Å². The molecule has 0 aliphatic carbocycles. The third-order valence-electron chi connectivity index (χ3n) is 5.73. The normalized spacial score (nSPS) is 19.4. The number of rotatable bonds is 9. The van der Waals surface area contributed by atoms with Crippen molar-refractivity contribution in [2.24, 2.45) is 0 Å². The van der Waals surface area contributed by atoms with Gasteiger partial charge in [0.05, 0.1) is 30.2 Å². The first-order valence-corrected chi connectivity index (χ1v) is 12.3. The van der Waals surface area contributed by atoms with Gasteiger partial charge in [0.1, 0.15) is 18.5 Å². The summed E-state index contributed by atoms with van der Waals surface area (Å²) in [4.78, 5) is 12.9. The van der Waals surface area contributed by atoms with E-state index in [-0.39, 0.29) is 6.10 Å². The largest absolute Gasteiger partial charge is 0.491 e. The van der Waals surface area contributed by atoms with E-state index in [1.54, 1.807) is 30.9 Å². The molecule has 10 heteroatoms. The quantitative estimate of drug-likeness (QED) is 0.312. The van der Waals surface area contributed by atoms with E-state index in [1.165, 1.54) is 0 Å². The van der Waals surface area contributed by atoms with Gasteiger partial charge in [-0.15, -0.1) is 0 Å². The van der Waals surface area contributed by atoms with E-state index in [4.69, 9.17) is 37.4 Å². The van der Waals surface area contributed by atoms with E-state index in [2.05, 4.69) is 20.3 Å². The number of hydrogen-bond donors (Lipinski definition) is 1. The van der Waals surface area contributed by atoms with Gasteiger partial charge in [0.15, 0.2) is 0 Å². The summed E-state index contributed by atoms with van der Waals surface area (Å²) < 4.78 is 20.6. The molecule has 0 amide bonds. The Morgan fingerprint density at radius 2 is 2.00 bits per heavy atom. The molecule has 4 aromatic rings. The van der Waals surface area contributed by atoms with E-state index in [0.717, 1.165) is 23.6 Å². The van der Waals surface area contributed by atoms with Crippen molar-refractivity contribution in [2.45, 2.75) is 25.4 Å². The van der Waals surface area contributed by atoms with Crippen LogP contribution in [0.3, 0.4) is 0 Å². The molecule has 1 fully saturated rings. The van der Waals surface area contributed by atoms with Crippen molar-refractivity contribution in [3.8, 4) is 17.0 Å². The van der Waals surface area contributed by atoms with Gasteiger partial charge in [0.25, 0.3) is 0 Å². The second kappa shape index (κ2) is 10.8. The summed E-state index contributed by atoms with van der Waals surface area (Å²) >= 11 is 12.7. The zero-order chi connectivity index (χ0) is 25.0. The lowest BCUT2D eigenvalue weighted by Crippen LogP contribution is -2.34. The first-order valence-electron chi connectivity index (χ1n) is 11.6. The molecule has 8 nitrogen and oxygen atoms in total. The molecular formula is C26H25Cl2N5O3. The van der Waals surface area contributed by atoms with Crippen LogP contribution in [0.25, 0.3) is 11.3 Å². The minimum Gasteiger partial charge on any atom is -0.491 e. The number of nitrogens with one attached hydrogen (secondary N) is 1. The van der Waals surface area contributed by atoms with Gasteiger partial charge in [0.2, 0.25) is 11.7 Å². The Balaban J connectivity index is 1.27. The third-order valence-corrected chi connectivity index (χ3v) is 6.28. The molecule has 1 N–H and O–H groups in total. The molecule has 2 unspecified atom stereocenters. The Morgan fingerprint density at radius 3 is 2.75 bits per heavy atom. The molecule has 186 valence electrons. The van der Waals surface area contributed by atoms with Gasteiger partial charge in [-0.3, -0.25) is 0 Å². The zero-order valence-corrected chi connectivity index (χ0v) is 21.1. The molecule has 36 heavy (non-hydrogen) atoms. The van der Waals surface area contributed by atoms with Gasteiger partial charge in [0, 0.05) is 41.3 Å². The van der Waals surface area contributed by atoms with E-state index in [1.807, 2.05) is 54.1 Å². The molecule has 0 saturated carbocycles. The second-order valence-corrected chi connectivity index (χ2v) is 9.14. The highest BCUT2D eigenvalue weighted by Gasteiger charge is 2.45. The number of aromatic nitrogens is 4. The smallest absolute Gasteiger partial charge is 0.223 e. The predicted octanol–water partition coefficient (Wildman–Crippen LogP) is 5.43. The number of benzene rings is 2. The summed E-state index contributed by atoms with van der Waals surface area (Å²) in [6.07, 6.45) is 6.71. The molecule has 1 aliphatic heterocycles. The number of ether oxygens (including phenoxy) is 3. The summed E-state index contributed by atoms with van der Waals surface area (Å²) in [5.41, 5.74) is 2.51. The van der Waals surface area contributed by atoms with Crippen molar-refractivity contribution in [1.82, 2.24) is 19.5 Å². The fourth-order valence-corrected chi connectivity index (χ4v) is 4.60. The van der Waals surface area contributed by atoms with Crippen LogP contribution in [0.2, 0.25) is 10.0 Å². The van der Waals surface area contributed by atoms with E-state index >= 15 is 0 Å². The molecule has 1 aliphatic rings. The number of hydrogen-bond acceptors (Lipinski definition) is 7. The molecule has 0 radical (unpaired) electrons. The lowest BCUT2D eigenvalue weighted by Gasteiger charge is -2.30. The Kier molecular flexibility index (Phi) is 7.38. The summed E-state index contributed by atoms with van der Waals surface area (Å²) in [5.74, 6) is 0.242. The zero-order valence-electron chi connectivity index (χ0n) is 19.6. The fourth-order valence-electron chi connectivity index (χ4n) is 4.05. The molecule has 2 atom stereocenters. The minimum atomic E-state index is -1.09. The number of halogens is 2. The van der Waals surface area contributed by atoms with Crippen molar-refractivity contribution < 1.29 is 14.2 Å². The van der Waals surface area contributed by atoms with Crippen molar-refractivity contribution in [3.05, 3.63) is 89.1 Å². The Bertz CT molecular complexity index is 1300. The van der Waals surface area contributed by atoms with Crippen LogP contribution in [0, 0.1) is 0 Å². The average molecular weight is 526 g/mol. The van der Waals surface area contributed by atoms with Crippen molar-refractivity contribution in [2.75, 3.05) is 25.1 Å². The summed E-state index contributed by atoms with van der Waals surface area (Å²) in [7, 11) is 0. The van der Waals surface area contributed by atoms with Crippen LogP contribution >= 0.6 is 23.2 Å². The van der Waals surface area contributed by atoms with E-state index in [9.17, 15) is 0 Å². The van der Waals surface area contributed by atoms with Crippen molar-refractivity contribution in [1.29, 1.82) is 0 Å². The van der Waals surface area contributed by atoms with Crippen LogP contribution < -0.4 is 10.1 Å². The summed E-state index contributed by atoms with van der Waals surface area (Å²) in [6.45, 7) is 3.81.